The minimum Gasteiger partial charge on any atom is -0.469 e. The molecular formula is C22H29N5O7. The van der Waals surface area contributed by atoms with Crippen molar-refractivity contribution < 1.29 is 33.5 Å². The first-order chi connectivity index (χ1) is 16.3. The van der Waals surface area contributed by atoms with Crippen LogP contribution in [0.5, 0.6) is 0 Å². The van der Waals surface area contributed by atoms with Gasteiger partial charge >= 0.3 is 11.9 Å². The average Bonchev–Trinajstić information content (AvgIpc) is 2.85. The molecule has 12 heteroatoms. The summed E-state index contributed by atoms with van der Waals surface area (Å²) in [6.07, 6.45) is 1.24. The van der Waals surface area contributed by atoms with Gasteiger partial charge in [0.1, 0.15) is 11.9 Å². The first-order valence-corrected chi connectivity index (χ1v) is 11.1. The van der Waals surface area contributed by atoms with Crippen LogP contribution in [-0.2, 0) is 33.5 Å². The van der Waals surface area contributed by atoms with Gasteiger partial charge in [-0.3, -0.25) is 24.0 Å². The maximum absolute atomic E-state index is 12.9. The average molecular weight is 476 g/mol. The van der Waals surface area contributed by atoms with Crippen molar-refractivity contribution in [2.24, 2.45) is 0 Å². The van der Waals surface area contributed by atoms with Crippen molar-refractivity contribution in [3.63, 3.8) is 0 Å². The van der Waals surface area contributed by atoms with Crippen LogP contribution < -0.4 is 4.90 Å². The molecule has 3 amide bonds. The molecule has 2 fully saturated rings. The number of aromatic nitrogens is 1. The summed E-state index contributed by atoms with van der Waals surface area (Å²) in [6, 6.07) is 4.52. The van der Waals surface area contributed by atoms with Gasteiger partial charge in [0, 0.05) is 58.7 Å². The van der Waals surface area contributed by atoms with Gasteiger partial charge in [0.15, 0.2) is 0 Å². The number of pyridine rings is 1. The first-order valence-electron chi connectivity index (χ1n) is 11.1. The van der Waals surface area contributed by atoms with E-state index in [1.165, 1.54) is 12.0 Å². The molecule has 0 bridgehead atoms. The van der Waals surface area contributed by atoms with Crippen molar-refractivity contribution in [1.82, 2.24) is 19.8 Å². The fraction of sp³-hybridized carbons (Fsp3) is 0.545. The largest absolute Gasteiger partial charge is 0.469 e. The lowest BCUT2D eigenvalue weighted by Crippen LogP contribution is -2.59. The van der Waals surface area contributed by atoms with Crippen molar-refractivity contribution in [2.75, 3.05) is 51.3 Å². The Labute approximate surface area is 197 Å². The number of rotatable bonds is 7. The molecule has 184 valence electrons. The number of amides is 3. The smallest absolute Gasteiger partial charge is 0.329 e. The van der Waals surface area contributed by atoms with Crippen LogP contribution in [-0.4, -0.2) is 102 Å². The first kappa shape index (κ1) is 24.9. The normalized spacial score (nSPS) is 18.5. The summed E-state index contributed by atoms with van der Waals surface area (Å²) >= 11 is 0. The van der Waals surface area contributed by atoms with E-state index in [0.29, 0.717) is 26.2 Å². The third-order valence-electron chi connectivity index (χ3n) is 5.76. The van der Waals surface area contributed by atoms with Crippen molar-refractivity contribution in [2.45, 2.75) is 32.2 Å². The van der Waals surface area contributed by atoms with E-state index in [0.717, 1.165) is 17.8 Å². The molecule has 1 aromatic heterocycles. The fourth-order valence-corrected chi connectivity index (χ4v) is 3.99. The molecule has 2 aliphatic rings. The quantitative estimate of drug-likeness (QED) is 0.483. The number of piperazine rings is 2. The molecule has 0 radical (unpaired) electrons. The molecule has 0 saturated carbocycles. The maximum Gasteiger partial charge on any atom is 0.329 e. The lowest BCUT2D eigenvalue weighted by atomic mass is 10.1. The lowest BCUT2D eigenvalue weighted by Gasteiger charge is -2.39. The Bertz CT molecular complexity index is 917. The molecular weight excluding hydrogens is 446 g/mol. The highest BCUT2D eigenvalue weighted by Crippen LogP contribution is 2.19. The van der Waals surface area contributed by atoms with Gasteiger partial charge < -0.3 is 24.3 Å². The van der Waals surface area contributed by atoms with Crippen molar-refractivity contribution in [3.8, 4) is 0 Å². The second kappa shape index (κ2) is 11.4. The van der Waals surface area contributed by atoms with E-state index in [1.807, 2.05) is 18.2 Å². The van der Waals surface area contributed by atoms with Gasteiger partial charge in [-0.15, -0.1) is 0 Å². The summed E-state index contributed by atoms with van der Waals surface area (Å²) in [6.45, 7) is 3.53. The lowest BCUT2D eigenvalue weighted by molar-refractivity contribution is -0.207. The standard InChI is InChI=1S/C22H29N5O7/c1-16(28)34-27-14-13-26(17(22(27)32)15-21(31)33-2)20(30)7-6-19(29)25-11-9-24(10-12-25)18-5-3-4-8-23-18/h3-5,8,17H,6-7,9-15H2,1-2H3/t17-/m0/s1. The van der Waals surface area contributed by atoms with E-state index in [-0.39, 0.29) is 38.3 Å². The Morgan fingerprint density at radius 3 is 2.32 bits per heavy atom. The van der Waals surface area contributed by atoms with Gasteiger partial charge in [-0.2, -0.15) is 5.06 Å². The highest BCUT2D eigenvalue weighted by molar-refractivity contribution is 5.93. The van der Waals surface area contributed by atoms with E-state index in [9.17, 15) is 24.0 Å². The minimum atomic E-state index is -1.16. The summed E-state index contributed by atoms with van der Waals surface area (Å²) in [5, 5.41) is 0.853. The molecule has 0 unspecified atom stereocenters. The van der Waals surface area contributed by atoms with E-state index in [2.05, 4.69) is 14.6 Å². The minimum absolute atomic E-state index is 0.00822. The van der Waals surface area contributed by atoms with E-state index < -0.39 is 29.8 Å². The van der Waals surface area contributed by atoms with Crippen LogP contribution >= 0.6 is 0 Å². The van der Waals surface area contributed by atoms with Gasteiger partial charge in [-0.25, -0.2) is 4.98 Å². The number of hydrogen-bond donors (Lipinski definition) is 0. The zero-order valence-electron chi connectivity index (χ0n) is 19.3. The van der Waals surface area contributed by atoms with Crippen molar-refractivity contribution >= 4 is 35.5 Å². The number of nitrogens with zero attached hydrogens (tertiary/aromatic N) is 5. The molecule has 1 atom stereocenters. The predicted octanol–water partition coefficient (Wildman–Crippen LogP) is -0.409. The molecule has 2 saturated heterocycles. The zero-order chi connectivity index (χ0) is 24.7. The Morgan fingerprint density at radius 2 is 1.71 bits per heavy atom. The third-order valence-corrected chi connectivity index (χ3v) is 5.76. The van der Waals surface area contributed by atoms with Crippen LogP contribution in [0.1, 0.15) is 26.2 Å². The second-order valence-electron chi connectivity index (χ2n) is 7.96. The molecule has 3 rings (SSSR count). The Kier molecular flexibility index (Phi) is 8.39. The monoisotopic (exact) mass is 475 g/mol. The van der Waals surface area contributed by atoms with Crippen LogP contribution in [0.15, 0.2) is 24.4 Å². The van der Waals surface area contributed by atoms with Gasteiger partial charge in [0.2, 0.25) is 11.8 Å². The molecule has 0 aliphatic carbocycles. The van der Waals surface area contributed by atoms with Gasteiger partial charge in [-0.05, 0) is 12.1 Å². The van der Waals surface area contributed by atoms with Crippen LogP contribution in [0.2, 0.25) is 0 Å². The fourth-order valence-electron chi connectivity index (χ4n) is 3.99. The Morgan fingerprint density at radius 1 is 1.00 bits per heavy atom. The molecule has 12 nitrogen and oxygen atoms in total. The summed E-state index contributed by atoms with van der Waals surface area (Å²) in [4.78, 5) is 75.6. The third kappa shape index (κ3) is 6.21. The van der Waals surface area contributed by atoms with Crippen LogP contribution in [0.25, 0.3) is 0 Å². The topological polar surface area (TPSA) is 130 Å². The number of hydroxylamine groups is 2. The van der Waals surface area contributed by atoms with Gasteiger partial charge in [-0.1, -0.05) is 6.07 Å². The molecule has 34 heavy (non-hydrogen) atoms. The van der Waals surface area contributed by atoms with Crippen molar-refractivity contribution in [1.29, 1.82) is 0 Å². The summed E-state index contributed by atoms with van der Waals surface area (Å²) in [5.74, 6) is -1.76. The van der Waals surface area contributed by atoms with Gasteiger partial charge in [0.25, 0.3) is 5.91 Å². The summed E-state index contributed by atoms with van der Waals surface area (Å²) in [7, 11) is 1.18. The Hall–Kier alpha value is -3.70. The molecule has 0 N–H and O–H groups in total. The molecule has 1 aromatic rings. The second-order valence-corrected chi connectivity index (χ2v) is 7.96. The number of carbonyl (C=O) groups excluding carboxylic acids is 5. The molecule has 3 heterocycles. The number of esters is 1. The summed E-state index contributed by atoms with van der Waals surface area (Å²) in [5.41, 5.74) is 0. The van der Waals surface area contributed by atoms with Crippen LogP contribution in [0.3, 0.4) is 0 Å². The van der Waals surface area contributed by atoms with Crippen molar-refractivity contribution in [3.05, 3.63) is 24.4 Å². The highest BCUT2D eigenvalue weighted by atomic mass is 16.7. The van der Waals surface area contributed by atoms with E-state index >= 15 is 0 Å². The number of anilines is 1. The number of ether oxygens (including phenoxy) is 1. The van der Waals surface area contributed by atoms with Gasteiger partial charge in [0.05, 0.1) is 20.1 Å². The highest BCUT2D eigenvalue weighted by Gasteiger charge is 2.40. The Balaban J connectivity index is 1.54. The number of methoxy groups -OCH3 is 1. The maximum atomic E-state index is 12.9. The number of hydrogen-bond acceptors (Lipinski definition) is 9. The van der Waals surface area contributed by atoms with Crippen LogP contribution in [0, 0.1) is 0 Å². The van der Waals surface area contributed by atoms with Crippen LogP contribution in [0.4, 0.5) is 5.82 Å². The SMILES string of the molecule is COC(=O)C[C@H]1C(=O)N(OC(C)=O)CCN1C(=O)CCC(=O)N1CCN(c2ccccn2)CC1. The van der Waals surface area contributed by atoms with E-state index in [1.54, 1.807) is 11.1 Å². The number of carbonyl (C=O) groups is 5. The van der Waals surface area contributed by atoms with E-state index in [4.69, 9.17) is 4.84 Å². The molecule has 0 spiro atoms. The molecule has 0 aromatic carbocycles. The summed E-state index contributed by atoms with van der Waals surface area (Å²) < 4.78 is 4.64. The molecule has 2 aliphatic heterocycles. The zero-order valence-corrected chi connectivity index (χ0v) is 19.3. The predicted molar refractivity (Wildman–Crippen MR) is 118 cm³/mol.